The normalized spacial score (nSPS) is 16.6. The number of nitrogens with zero attached hydrogens (tertiary/aromatic N) is 6. The van der Waals surface area contributed by atoms with Gasteiger partial charge in [-0.1, -0.05) is 19.8 Å². The topological polar surface area (TPSA) is 129 Å². The summed E-state index contributed by atoms with van der Waals surface area (Å²) >= 11 is 0. The molecule has 39 heavy (non-hydrogen) atoms. The van der Waals surface area contributed by atoms with Crippen molar-refractivity contribution in [2.75, 3.05) is 61.3 Å². The molecule has 2 fully saturated rings. The zero-order valence-corrected chi connectivity index (χ0v) is 23.0. The van der Waals surface area contributed by atoms with E-state index in [9.17, 15) is 4.79 Å². The number of piperazine rings is 1. The number of likely N-dealkylation sites (N-methyl/N-ethyl adjacent to an activating group) is 1. The van der Waals surface area contributed by atoms with Crippen LogP contribution in [0.4, 0.5) is 27.9 Å². The van der Waals surface area contributed by atoms with Crippen LogP contribution in [0.5, 0.6) is 0 Å². The third kappa shape index (κ3) is 6.89. The van der Waals surface area contributed by atoms with Crippen LogP contribution < -0.4 is 26.6 Å². The first-order valence-corrected chi connectivity index (χ1v) is 14.5. The second-order valence-corrected chi connectivity index (χ2v) is 10.5. The van der Waals surface area contributed by atoms with Gasteiger partial charge in [0.05, 0.1) is 6.33 Å². The fourth-order valence-electron chi connectivity index (χ4n) is 5.59. The lowest BCUT2D eigenvalue weighted by molar-refractivity contribution is 0.248. The van der Waals surface area contributed by atoms with Crippen molar-refractivity contribution in [3.8, 4) is 0 Å². The van der Waals surface area contributed by atoms with Crippen molar-refractivity contribution in [3.63, 3.8) is 0 Å². The zero-order chi connectivity index (χ0) is 27.0. The first-order chi connectivity index (χ1) is 19.1. The summed E-state index contributed by atoms with van der Waals surface area (Å²) in [5, 5.41) is 9.56. The van der Waals surface area contributed by atoms with E-state index in [2.05, 4.69) is 61.5 Å². The average Bonchev–Trinajstić information content (AvgIpc) is 3.63. The van der Waals surface area contributed by atoms with Gasteiger partial charge in [-0.3, -0.25) is 0 Å². The Morgan fingerprint density at radius 1 is 1.00 bits per heavy atom. The lowest BCUT2D eigenvalue weighted by Crippen LogP contribution is -2.46. The predicted molar refractivity (Wildman–Crippen MR) is 157 cm³/mol. The summed E-state index contributed by atoms with van der Waals surface area (Å²) in [4.78, 5) is 30.2. The number of nitrogens with two attached hydrogens (primary N) is 1. The molecule has 5 N–H and O–H groups in total. The molecule has 11 nitrogen and oxygen atoms in total. The molecule has 210 valence electrons. The van der Waals surface area contributed by atoms with Crippen LogP contribution in [0.2, 0.25) is 0 Å². The van der Waals surface area contributed by atoms with Crippen molar-refractivity contribution in [2.45, 2.75) is 57.9 Å². The van der Waals surface area contributed by atoms with Crippen molar-refractivity contribution in [1.82, 2.24) is 29.7 Å². The second-order valence-electron chi connectivity index (χ2n) is 10.5. The summed E-state index contributed by atoms with van der Waals surface area (Å²) in [7, 11) is 0. The Bertz CT molecular complexity index is 1210. The highest BCUT2D eigenvalue weighted by Crippen LogP contribution is 2.34. The van der Waals surface area contributed by atoms with E-state index in [1.165, 1.54) is 18.5 Å². The predicted octanol–water partition coefficient (Wildman–Crippen LogP) is 4.08. The van der Waals surface area contributed by atoms with Crippen molar-refractivity contribution in [2.24, 2.45) is 5.73 Å². The zero-order valence-electron chi connectivity index (χ0n) is 23.0. The Morgan fingerprint density at radius 2 is 1.74 bits per heavy atom. The molecular formula is C28H42N10O. The minimum Gasteiger partial charge on any atom is -0.369 e. The second kappa shape index (κ2) is 13.0. The Morgan fingerprint density at radius 3 is 2.46 bits per heavy atom. The lowest BCUT2D eigenvalue weighted by Gasteiger charge is -2.35. The molecule has 2 aromatic heterocycles. The van der Waals surface area contributed by atoms with E-state index >= 15 is 0 Å². The Balaban J connectivity index is 1.28. The summed E-state index contributed by atoms with van der Waals surface area (Å²) in [6.45, 7) is 9.03. The SMILES string of the molecule is CCN1CCN(c2ccc(Nc3nc(NCCCCCNC(N)=O)nc4c3ncn4C3CCCC3)cc2)CC1. The standard InChI is InChI=1S/C28H42N10O/c1-2-36-16-18-37(19-17-36)22-12-10-21(11-13-22)33-25-24-26(38(20-32-24)23-8-4-5-9-23)35-28(34-25)31-15-7-3-6-14-30-27(29)39/h10-13,20,23H,2-9,14-19H2,1H3,(H3,29,30,39)(H2,31,33,34,35). The van der Waals surface area contributed by atoms with E-state index in [0.29, 0.717) is 24.4 Å². The number of benzene rings is 1. The number of primary amides is 1. The molecule has 0 atom stereocenters. The molecule has 11 heteroatoms. The maximum absolute atomic E-state index is 10.8. The summed E-state index contributed by atoms with van der Waals surface area (Å²) in [5.74, 6) is 1.32. The maximum Gasteiger partial charge on any atom is 0.312 e. The number of hydrogen-bond donors (Lipinski definition) is 4. The number of unbranched alkanes of at least 4 members (excludes halogenated alkanes) is 2. The number of rotatable bonds is 12. The maximum atomic E-state index is 10.8. The van der Waals surface area contributed by atoms with Crippen LogP contribution in [0.25, 0.3) is 11.2 Å². The van der Waals surface area contributed by atoms with Crippen LogP contribution in [-0.4, -0.2) is 76.3 Å². The molecule has 1 saturated carbocycles. The van der Waals surface area contributed by atoms with Gasteiger partial charge in [-0.15, -0.1) is 0 Å². The molecule has 0 unspecified atom stereocenters. The Kier molecular flexibility index (Phi) is 8.97. The van der Waals surface area contributed by atoms with Crippen LogP contribution in [0.15, 0.2) is 30.6 Å². The quantitative estimate of drug-likeness (QED) is 0.256. The number of anilines is 4. The van der Waals surface area contributed by atoms with Gasteiger partial charge >= 0.3 is 6.03 Å². The number of carbonyl (C=O) groups excluding carboxylic acids is 1. The van der Waals surface area contributed by atoms with E-state index in [-0.39, 0.29) is 0 Å². The van der Waals surface area contributed by atoms with Crippen molar-refractivity contribution in [1.29, 1.82) is 0 Å². The minimum absolute atomic E-state index is 0.441. The first kappa shape index (κ1) is 27.0. The van der Waals surface area contributed by atoms with Crippen LogP contribution in [0.1, 0.15) is 57.9 Å². The number of hydrogen-bond acceptors (Lipinski definition) is 8. The highest BCUT2D eigenvalue weighted by Gasteiger charge is 2.22. The smallest absolute Gasteiger partial charge is 0.312 e. The van der Waals surface area contributed by atoms with E-state index in [0.717, 1.165) is 88.2 Å². The highest BCUT2D eigenvalue weighted by molar-refractivity contribution is 5.86. The van der Waals surface area contributed by atoms with Gasteiger partial charge in [0, 0.05) is 56.7 Å². The Hall–Kier alpha value is -3.60. The first-order valence-electron chi connectivity index (χ1n) is 14.5. The molecule has 3 aromatic rings. The molecule has 1 aromatic carbocycles. The van der Waals surface area contributed by atoms with Crippen molar-refractivity contribution >= 4 is 40.3 Å². The monoisotopic (exact) mass is 534 g/mol. The molecule has 0 radical (unpaired) electrons. The number of urea groups is 1. The van der Waals surface area contributed by atoms with Crippen LogP contribution >= 0.6 is 0 Å². The van der Waals surface area contributed by atoms with E-state index in [1.807, 2.05) is 6.33 Å². The Labute approximate surface area is 230 Å². The third-order valence-corrected chi connectivity index (χ3v) is 7.89. The highest BCUT2D eigenvalue weighted by atomic mass is 16.2. The molecular weight excluding hydrogens is 492 g/mol. The number of imidazole rings is 1. The van der Waals surface area contributed by atoms with Gasteiger partial charge in [0.25, 0.3) is 0 Å². The van der Waals surface area contributed by atoms with Crippen LogP contribution in [0, 0.1) is 0 Å². The third-order valence-electron chi connectivity index (χ3n) is 7.89. The van der Waals surface area contributed by atoms with Gasteiger partial charge in [0.1, 0.15) is 0 Å². The molecule has 1 aliphatic heterocycles. The number of fused-ring (bicyclic) bond motifs is 1. The van der Waals surface area contributed by atoms with Gasteiger partial charge in [-0.2, -0.15) is 9.97 Å². The molecule has 1 saturated heterocycles. The van der Waals surface area contributed by atoms with Gasteiger partial charge in [-0.05, 0) is 62.9 Å². The van der Waals surface area contributed by atoms with Crippen LogP contribution in [-0.2, 0) is 0 Å². The molecule has 5 rings (SSSR count). The fraction of sp³-hybridized carbons (Fsp3) is 0.571. The van der Waals surface area contributed by atoms with Crippen molar-refractivity contribution in [3.05, 3.63) is 30.6 Å². The number of nitrogens with one attached hydrogen (secondary N) is 3. The van der Waals surface area contributed by atoms with Gasteiger partial charge < -0.3 is 36.1 Å². The van der Waals surface area contributed by atoms with Crippen LogP contribution in [0.3, 0.4) is 0 Å². The van der Waals surface area contributed by atoms with Gasteiger partial charge in [0.15, 0.2) is 17.0 Å². The molecule has 2 aliphatic rings. The minimum atomic E-state index is -0.474. The van der Waals surface area contributed by atoms with E-state index < -0.39 is 6.03 Å². The number of amides is 2. The van der Waals surface area contributed by atoms with Crippen molar-refractivity contribution < 1.29 is 4.79 Å². The summed E-state index contributed by atoms with van der Waals surface area (Å²) in [6.07, 6.45) is 9.54. The fourth-order valence-corrected chi connectivity index (χ4v) is 5.59. The lowest BCUT2D eigenvalue weighted by atomic mass is 10.2. The van der Waals surface area contributed by atoms with Gasteiger partial charge in [-0.25, -0.2) is 9.78 Å². The molecule has 1 aliphatic carbocycles. The van der Waals surface area contributed by atoms with E-state index in [1.54, 1.807) is 0 Å². The van der Waals surface area contributed by atoms with Gasteiger partial charge in [0.2, 0.25) is 5.95 Å². The number of carbonyl (C=O) groups is 1. The molecule has 2 amide bonds. The summed E-state index contributed by atoms with van der Waals surface area (Å²) in [6, 6.07) is 8.58. The molecule has 0 bridgehead atoms. The van der Waals surface area contributed by atoms with E-state index in [4.69, 9.17) is 20.7 Å². The largest absolute Gasteiger partial charge is 0.369 e. The average molecular weight is 535 g/mol. The molecule has 3 heterocycles. The molecule has 0 spiro atoms. The number of aromatic nitrogens is 4. The summed E-state index contributed by atoms with van der Waals surface area (Å²) in [5.41, 5.74) is 9.03. The summed E-state index contributed by atoms with van der Waals surface area (Å²) < 4.78 is 2.23.